The van der Waals surface area contributed by atoms with E-state index in [1.165, 1.54) is 19.9 Å². The lowest BCUT2D eigenvalue weighted by atomic mass is 9.89. The second kappa shape index (κ2) is 9.22. The number of carbonyl (C=O) groups excluding carboxylic acids is 2. The molecule has 2 aliphatic heterocycles. The molecule has 3 aliphatic rings. The van der Waals surface area contributed by atoms with Crippen molar-refractivity contribution in [1.29, 1.82) is 0 Å². The fraction of sp³-hybridized carbons (Fsp3) is 0.680. The highest BCUT2D eigenvalue weighted by molar-refractivity contribution is 5.88. The number of benzene rings is 1. The van der Waals surface area contributed by atoms with Gasteiger partial charge in [0.05, 0.1) is 0 Å². The van der Waals surface area contributed by atoms with E-state index in [-0.39, 0.29) is 29.7 Å². The van der Waals surface area contributed by atoms with Gasteiger partial charge in [-0.15, -0.1) is 0 Å². The van der Waals surface area contributed by atoms with Gasteiger partial charge in [-0.1, -0.05) is 6.07 Å². The molecule has 1 aromatic carbocycles. The van der Waals surface area contributed by atoms with Gasteiger partial charge >= 0.3 is 0 Å². The Balaban J connectivity index is 1.31. The number of nitrogens with zero attached hydrogens (tertiary/aromatic N) is 2. The molecule has 1 aromatic rings. The Bertz CT molecular complexity index is 885. The van der Waals surface area contributed by atoms with Crippen LogP contribution < -0.4 is 10.6 Å². The summed E-state index contributed by atoms with van der Waals surface area (Å²) in [4.78, 5) is 29.5. The molecule has 2 heterocycles. The lowest BCUT2D eigenvalue weighted by Gasteiger charge is -2.36. The zero-order valence-electron chi connectivity index (χ0n) is 20.2. The zero-order valence-corrected chi connectivity index (χ0v) is 20.2. The summed E-state index contributed by atoms with van der Waals surface area (Å²) in [6.45, 7) is 6.69. The van der Waals surface area contributed by atoms with Crippen molar-refractivity contribution in [3.8, 4) is 0 Å². The number of anilines is 1. The number of likely N-dealkylation sites (tertiary alicyclic amines) is 1. The van der Waals surface area contributed by atoms with E-state index >= 15 is 0 Å². The van der Waals surface area contributed by atoms with Gasteiger partial charge in [-0.05, 0) is 64.5 Å². The van der Waals surface area contributed by atoms with Crippen molar-refractivity contribution in [2.45, 2.75) is 89.1 Å². The first kappa shape index (κ1) is 24.0. The Morgan fingerprint density at radius 1 is 1.27 bits per heavy atom. The van der Waals surface area contributed by atoms with E-state index in [0.29, 0.717) is 18.0 Å². The number of carbonyl (C=O) groups is 2. The van der Waals surface area contributed by atoms with E-state index in [1.54, 1.807) is 18.0 Å². The maximum Gasteiger partial charge on any atom is 0.253 e. The minimum Gasteiger partial charge on any atom is -0.381 e. The third-order valence-electron chi connectivity index (χ3n) is 7.60. The van der Waals surface area contributed by atoms with E-state index in [9.17, 15) is 19.1 Å². The van der Waals surface area contributed by atoms with Crippen LogP contribution in [0.15, 0.2) is 12.1 Å². The molecule has 8 heteroatoms. The van der Waals surface area contributed by atoms with Crippen LogP contribution in [0, 0.1) is 12.7 Å². The smallest absolute Gasteiger partial charge is 0.253 e. The summed E-state index contributed by atoms with van der Waals surface area (Å²) in [5.41, 5.74) is 0.947. The summed E-state index contributed by atoms with van der Waals surface area (Å²) in [6.07, 6.45) is 5.22. The minimum atomic E-state index is -1.36. The first-order valence-corrected chi connectivity index (χ1v) is 12.1. The number of likely N-dealkylation sites (N-methyl/N-ethyl adjacent to an activating group) is 1. The highest BCUT2D eigenvalue weighted by atomic mass is 19.1. The lowest BCUT2D eigenvalue weighted by molar-refractivity contribution is -0.148. The molecular weight excluding hydrogens is 423 g/mol. The van der Waals surface area contributed by atoms with E-state index in [1.807, 2.05) is 6.92 Å². The quantitative estimate of drug-likeness (QED) is 0.627. The molecule has 1 unspecified atom stereocenters. The summed E-state index contributed by atoms with van der Waals surface area (Å²) in [5.74, 6) is -0.571. The SMILES string of the molecule is Cc1ccc(F)c2c1NC(C(=O)N[C@@H]1CCC[C@H](N3CC[C@H](N(C)C(=O)C(C)(C)O)C3)C1)C2. The average Bonchev–Trinajstić information content (AvgIpc) is 3.43. The van der Waals surface area contributed by atoms with Crippen LogP contribution in [-0.4, -0.2) is 76.6 Å². The van der Waals surface area contributed by atoms with Gasteiger partial charge in [0.2, 0.25) is 5.91 Å². The van der Waals surface area contributed by atoms with Gasteiger partial charge < -0.3 is 20.6 Å². The Kier molecular flexibility index (Phi) is 6.69. The van der Waals surface area contributed by atoms with Crippen molar-refractivity contribution in [1.82, 2.24) is 15.1 Å². The molecule has 182 valence electrons. The third kappa shape index (κ3) is 5.01. The van der Waals surface area contributed by atoms with Crippen LogP contribution in [-0.2, 0) is 16.0 Å². The predicted octanol–water partition coefficient (Wildman–Crippen LogP) is 2.20. The van der Waals surface area contributed by atoms with Crippen LogP contribution in [0.5, 0.6) is 0 Å². The van der Waals surface area contributed by atoms with Gasteiger partial charge in [0, 0.05) is 55.9 Å². The monoisotopic (exact) mass is 460 g/mol. The first-order chi connectivity index (χ1) is 15.5. The Morgan fingerprint density at radius 2 is 2.03 bits per heavy atom. The zero-order chi connectivity index (χ0) is 23.9. The Morgan fingerprint density at radius 3 is 2.73 bits per heavy atom. The summed E-state index contributed by atoms with van der Waals surface area (Å²) in [5, 5.41) is 16.5. The minimum absolute atomic E-state index is 0.0644. The van der Waals surface area contributed by atoms with Crippen molar-refractivity contribution in [3.05, 3.63) is 29.1 Å². The molecule has 4 atom stereocenters. The van der Waals surface area contributed by atoms with Crippen molar-refractivity contribution in [3.63, 3.8) is 0 Å². The van der Waals surface area contributed by atoms with Crippen LogP contribution in [0.25, 0.3) is 0 Å². The average molecular weight is 461 g/mol. The molecule has 1 aliphatic carbocycles. The summed E-state index contributed by atoms with van der Waals surface area (Å²) >= 11 is 0. The van der Waals surface area contributed by atoms with Gasteiger partial charge in [-0.25, -0.2) is 4.39 Å². The van der Waals surface area contributed by atoms with Crippen LogP contribution in [0.4, 0.5) is 10.1 Å². The second-order valence-corrected chi connectivity index (χ2v) is 10.6. The second-order valence-electron chi connectivity index (χ2n) is 10.6. The number of hydrogen-bond donors (Lipinski definition) is 3. The number of amides is 2. The summed E-state index contributed by atoms with van der Waals surface area (Å²) in [7, 11) is 1.77. The largest absolute Gasteiger partial charge is 0.381 e. The third-order valence-corrected chi connectivity index (χ3v) is 7.60. The fourth-order valence-corrected chi connectivity index (χ4v) is 5.67. The van der Waals surface area contributed by atoms with Gasteiger partial charge in [0.1, 0.15) is 17.5 Å². The highest BCUT2D eigenvalue weighted by Crippen LogP contribution is 2.32. The standard InChI is InChI=1S/C25H37FN4O3/c1-15-8-9-20(26)19-13-21(28-22(15)19)23(31)27-16-6-5-7-17(12-16)30-11-10-18(14-30)29(4)24(32)25(2,3)33/h8-9,16-18,21,28,33H,5-7,10-14H2,1-4H3,(H,27,31)/t16-,17+,18+,21?/m1/s1. The van der Waals surface area contributed by atoms with Gasteiger partial charge in [0.15, 0.2) is 0 Å². The lowest BCUT2D eigenvalue weighted by Crippen LogP contribution is -2.50. The number of fused-ring (bicyclic) bond motifs is 1. The van der Waals surface area contributed by atoms with Crippen molar-refractivity contribution >= 4 is 17.5 Å². The number of aryl methyl sites for hydroxylation is 1. The van der Waals surface area contributed by atoms with Gasteiger partial charge in [-0.2, -0.15) is 0 Å². The molecule has 2 amide bonds. The molecule has 1 saturated carbocycles. The summed E-state index contributed by atoms with van der Waals surface area (Å²) in [6, 6.07) is 3.34. The van der Waals surface area contributed by atoms with Crippen molar-refractivity contribution in [2.24, 2.45) is 0 Å². The Labute approximate surface area is 195 Å². The van der Waals surface area contributed by atoms with E-state index in [4.69, 9.17) is 0 Å². The highest BCUT2D eigenvalue weighted by Gasteiger charge is 2.38. The number of halogens is 1. The van der Waals surface area contributed by atoms with E-state index < -0.39 is 11.6 Å². The van der Waals surface area contributed by atoms with E-state index in [2.05, 4.69) is 15.5 Å². The Hall–Kier alpha value is -2.19. The molecule has 1 saturated heterocycles. The fourth-order valence-electron chi connectivity index (χ4n) is 5.67. The molecule has 33 heavy (non-hydrogen) atoms. The first-order valence-electron chi connectivity index (χ1n) is 12.1. The van der Waals surface area contributed by atoms with Crippen LogP contribution in [0.2, 0.25) is 0 Å². The number of hydrogen-bond acceptors (Lipinski definition) is 5. The molecule has 2 fully saturated rings. The maximum absolute atomic E-state index is 14.2. The van der Waals surface area contributed by atoms with Crippen LogP contribution >= 0.6 is 0 Å². The molecule has 0 aromatic heterocycles. The normalized spacial score (nSPS) is 27.7. The van der Waals surface area contributed by atoms with Gasteiger partial charge in [0.25, 0.3) is 5.91 Å². The molecule has 4 rings (SSSR count). The summed E-state index contributed by atoms with van der Waals surface area (Å²) < 4.78 is 14.2. The van der Waals surface area contributed by atoms with Gasteiger partial charge in [-0.3, -0.25) is 14.5 Å². The topological polar surface area (TPSA) is 84.9 Å². The molecular formula is C25H37FN4O3. The predicted molar refractivity (Wildman–Crippen MR) is 125 cm³/mol. The number of rotatable bonds is 5. The molecule has 0 radical (unpaired) electrons. The molecule has 0 bridgehead atoms. The molecule has 7 nitrogen and oxygen atoms in total. The molecule has 0 spiro atoms. The number of aliphatic hydroxyl groups is 1. The number of nitrogens with one attached hydrogen (secondary N) is 2. The van der Waals surface area contributed by atoms with Crippen molar-refractivity contribution < 1.29 is 19.1 Å². The van der Waals surface area contributed by atoms with Crippen LogP contribution in [0.3, 0.4) is 0 Å². The van der Waals surface area contributed by atoms with E-state index in [0.717, 1.165) is 56.4 Å². The van der Waals surface area contributed by atoms with Crippen LogP contribution in [0.1, 0.15) is 57.1 Å². The van der Waals surface area contributed by atoms with Crippen molar-refractivity contribution in [2.75, 3.05) is 25.5 Å². The molecule has 3 N–H and O–H groups in total. The maximum atomic E-state index is 14.2.